The Balaban J connectivity index is 1.32. The fraction of sp³-hybridized carbons (Fsp3) is 0.594. The summed E-state index contributed by atoms with van der Waals surface area (Å²) in [6.45, 7) is 0.498. The molecular weight excluding hydrogens is 534 g/mol. The summed E-state index contributed by atoms with van der Waals surface area (Å²) < 4.78 is 0. The van der Waals surface area contributed by atoms with Crippen molar-refractivity contribution in [1.29, 1.82) is 0 Å². The third-order valence-corrected chi connectivity index (χ3v) is 9.17. The van der Waals surface area contributed by atoms with Crippen molar-refractivity contribution in [3.8, 4) is 0 Å². The molecule has 4 amide bonds. The molecule has 2 aromatic rings. The highest BCUT2D eigenvalue weighted by molar-refractivity contribution is 6.38. The maximum Gasteiger partial charge on any atom is 0.289 e. The van der Waals surface area contributed by atoms with Crippen LogP contribution in [-0.4, -0.2) is 59.1 Å². The van der Waals surface area contributed by atoms with Crippen molar-refractivity contribution in [2.24, 2.45) is 11.8 Å². The van der Waals surface area contributed by atoms with Gasteiger partial charge in [0.25, 0.3) is 11.8 Å². The van der Waals surface area contributed by atoms with Crippen LogP contribution >= 0.6 is 0 Å². The van der Waals surface area contributed by atoms with Crippen molar-refractivity contribution in [3.63, 3.8) is 0 Å². The quantitative estimate of drug-likeness (QED) is 0.260. The summed E-state index contributed by atoms with van der Waals surface area (Å²) >= 11 is 0. The Labute approximate surface area is 246 Å². The Hall–Kier alpha value is -3.69. The highest BCUT2D eigenvalue weighted by Crippen LogP contribution is 2.28. The molecule has 0 spiro atoms. The second kappa shape index (κ2) is 14.0. The fourth-order valence-electron chi connectivity index (χ4n) is 6.74. The van der Waals surface area contributed by atoms with Crippen molar-refractivity contribution in [2.75, 3.05) is 6.54 Å². The zero-order valence-electron chi connectivity index (χ0n) is 24.2. The molecule has 10 nitrogen and oxygen atoms in total. The van der Waals surface area contributed by atoms with Gasteiger partial charge in [-0.15, -0.1) is 0 Å². The Kier molecular flexibility index (Phi) is 9.92. The number of Topliss-reactive ketones (excluding diaryl/α,β-unsaturated/α-hetero) is 1. The third-order valence-electron chi connectivity index (χ3n) is 9.17. The molecule has 1 saturated heterocycles. The molecule has 2 saturated carbocycles. The first-order valence-corrected chi connectivity index (χ1v) is 15.7. The summed E-state index contributed by atoms with van der Waals surface area (Å²) in [6, 6.07) is 7.20. The normalized spacial score (nSPS) is 21.3. The van der Waals surface area contributed by atoms with E-state index >= 15 is 0 Å². The summed E-state index contributed by atoms with van der Waals surface area (Å²) in [4.78, 5) is 69.1. The van der Waals surface area contributed by atoms with Crippen LogP contribution in [0.3, 0.4) is 0 Å². The molecule has 3 aliphatic rings. The summed E-state index contributed by atoms with van der Waals surface area (Å²) in [5, 5.41) is 12.2. The molecule has 3 fully saturated rings. The van der Waals surface area contributed by atoms with E-state index in [1.165, 1.54) is 0 Å². The van der Waals surface area contributed by atoms with E-state index in [1.807, 2.05) is 24.3 Å². The average Bonchev–Trinajstić information content (AvgIpc) is 3.63. The molecule has 226 valence electrons. The highest BCUT2D eigenvalue weighted by atomic mass is 16.2. The van der Waals surface area contributed by atoms with Gasteiger partial charge in [0.2, 0.25) is 17.6 Å². The van der Waals surface area contributed by atoms with E-state index in [1.54, 1.807) is 6.07 Å². The minimum atomic E-state index is -1.16. The Bertz CT molecular complexity index is 1260. The van der Waals surface area contributed by atoms with Gasteiger partial charge in [-0.2, -0.15) is 0 Å². The number of aromatic amines is 1. The SMILES string of the molecule is O=C(NC1CCCCC1)C(=O)[C@H](C[C@@H]1CCNC1=O)NC(=O)[C@H](CC1CCCCC1)NC(=O)c1cc2ccccc2[nH]1. The molecule has 0 bridgehead atoms. The number of aromatic nitrogens is 1. The first-order chi connectivity index (χ1) is 20.4. The standard InChI is InChI=1S/C32H43N5O5/c38-28(32(42)34-23-12-5-2-6-13-23)25(19-22-15-16-33-29(22)39)36-30(40)26(17-20-9-3-1-4-10-20)37-31(41)27-18-21-11-7-8-14-24(21)35-27/h7-8,11,14,18,20,22-23,25-26,35H,1-6,9-10,12-13,15-17,19H2,(H,33,39)(H,34,42)(H,36,40)(H,37,41)/t22-,25-,26-/m0/s1. The van der Waals surface area contributed by atoms with Gasteiger partial charge < -0.3 is 26.3 Å². The number of fused-ring (bicyclic) bond motifs is 1. The summed E-state index contributed by atoms with van der Waals surface area (Å²) in [5.41, 5.74) is 1.17. The first-order valence-electron chi connectivity index (χ1n) is 15.7. The van der Waals surface area contributed by atoms with Gasteiger partial charge in [-0.3, -0.25) is 24.0 Å². The molecular formula is C32H43N5O5. The lowest BCUT2D eigenvalue weighted by atomic mass is 9.84. The second-order valence-electron chi connectivity index (χ2n) is 12.3. The predicted octanol–water partition coefficient (Wildman–Crippen LogP) is 3.27. The number of ketones is 1. The van der Waals surface area contributed by atoms with Crippen molar-refractivity contribution in [1.82, 2.24) is 26.3 Å². The zero-order chi connectivity index (χ0) is 29.5. The number of nitrogens with one attached hydrogen (secondary N) is 5. The van der Waals surface area contributed by atoms with E-state index in [2.05, 4.69) is 26.3 Å². The van der Waals surface area contributed by atoms with Crippen LogP contribution in [0.5, 0.6) is 0 Å². The lowest BCUT2D eigenvalue weighted by Gasteiger charge is -2.28. The number of carbonyl (C=O) groups excluding carboxylic acids is 5. The molecule has 0 radical (unpaired) electrons. The molecule has 1 aliphatic heterocycles. The summed E-state index contributed by atoms with van der Waals surface area (Å²) in [7, 11) is 0. The largest absolute Gasteiger partial charge is 0.356 e. The van der Waals surface area contributed by atoms with Crippen LogP contribution < -0.4 is 21.3 Å². The van der Waals surface area contributed by atoms with Crippen LogP contribution in [-0.2, 0) is 19.2 Å². The van der Waals surface area contributed by atoms with Crippen LogP contribution in [0.15, 0.2) is 30.3 Å². The van der Waals surface area contributed by atoms with Gasteiger partial charge in [-0.05, 0) is 50.2 Å². The summed E-state index contributed by atoms with van der Waals surface area (Å²) in [5.74, 6) is -2.77. The first kappa shape index (κ1) is 29.8. The van der Waals surface area contributed by atoms with E-state index in [9.17, 15) is 24.0 Å². The average molecular weight is 578 g/mol. The topological polar surface area (TPSA) is 149 Å². The van der Waals surface area contributed by atoms with E-state index in [4.69, 9.17) is 0 Å². The third kappa shape index (κ3) is 7.57. The number of rotatable bonds is 11. The number of H-pyrrole nitrogens is 1. The minimum Gasteiger partial charge on any atom is -0.356 e. The second-order valence-corrected chi connectivity index (χ2v) is 12.3. The van der Waals surface area contributed by atoms with Gasteiger partial charge in [0, 0.05) is 29.4 Å². The number of benzene rings is 1. The lowest BCUT2D eigenvalue weighted by molar-refractivity contribution is -0.141. The molecule has 5 rings (SSSR count). The molecule has 1 aromatic heterocycles. The molecule has 2 aliphatic carbocycles. The van der Waals surface area contributed by atoms with Crippen molar-refractivity contribution >= 4 is 40.3 Å². The maximum absolute atomic E-state index is 13.8. The predicted molar refractivity (Wildman–Crippen MR) is 158 cm³/mol. The summed E-state index contributed by atoms with van der Waals surface area (Å²) in [6.07, 6.45) is 11.0. The van der Waals surface area contributed by atoms with Gasteiger partial charge >= 0.3 is 0 Å². The Morgan fingerprint density at radius 1 is 0.833 bits per heavy atom. The van der Waals surface area contributed by atoms with Gasteiger partial charge in [-0.1, -0.05) is 69.6 Å². The molecule has 0 unspecified atom stereocenters. The zero-order valence-corrected chi connectivity index (χ0v) is 24.2. The van der Waals surface area contributed by atoms with Crippen molar-refractivity contribution < 1.29 is 24.0 Å². The van der Waals surface area contributed by atoms with Gasteiger partial charge in [-0.25, -0.2) is 0 Å². The number of amides is 4. The smallest absolute Gasteiger partial charge is 0.289 e. The van der Waals surface area contributed by atoms with Crippen LogP contribution in [0, 0.1) is 11.8 Å². The van der Waals surface area contributed by atoms with E-state index in [-0.39, 0.29) is 24.3 Å². The van der Waals surface area contributed by atoms with Gasteiger partial charge in [0.15, 0.2) is 0 Å². The number of hydrogen-bond donors (Lipinski definition) is 5. The number of hydrogen-bond acceptors (Lipinski definition) is 5. The van der Waals surface area contributed by atoms with Gasteiger partial charge in [0.05, 0.1) is 6.04 Å². The van der Waals surface area contributed by atoms with E-state index in [0.29, 0.717) is 25.1 Å². The number of carbonyl (C=O) groups is 5. The Morgan fingerprint density at radius 2 is 1.55 bits per heavy atom. The molecule has 3 atom stereocenters. The Morgan fingerprint density at radius 3 is 2.24 bits per heavy atom. The van der Waals surface area contributed by atoms with Crippen molar-refractivity contribution in [3.05, 3.63) is 36.0 Å². The van der Waals surface area contributed by atoms with Crippen LogP contribution in [0.4, 0.5) is 0 Å². The minimum absolute atomic E-state index is 0.0423. The van der Waals surface area contributed by atoms with Crippen molar-refractivity contribution in [2.45, 2.75) is 102 Å². The molecule has 10 heteroatoms. The molecule has 2 heterocycles. The van der Waals surface area contributed by atoms with E-state index < -0.39 is 41.5 Å². The molecule has 5 N–H and O–H groups in total. The number of para-hydroxylation sites is 1. The maximum atomic E-state index is 13.8. The van der Waals surface area contributed by atoms with E-state index in [0.717, 1.165) is 75.1 Å². The lowest BCUT2D eigenvalue weighted by Crippen LogP contribution is -2.55. The fourth-order valence-corrected chi connectivity index (χ4v) is 6.74. The van der Waals surface area contributed by atoms with Gasteiger partial charge in [0.1, 0.15) is 11.7 Å². The molecule has 42 heavy (non-hydrogen) atoms. The van der Waals surface area contributed by atoms with Crippen LogP contribution in [0.1, 0.15) is 94.0 Å². The monoisotopic (exact) mass is 577 g/mol. The molecule has 1 aromatic carbocycles. The van der Waals surface area contributed by atoms with Crippen LogP contribution in [0.2, 0.25) is 0 Å². The van der Waals surface area contributed by atoms with Crippen LogP contribution in [0.25, 0.3) is 10.9 Å². The highest BCUT2D eigenvalue weighted by Gasteiger charge is 2.37.